The number of benzene rings is 1. The van der Waals surface area contributed by atoms with Gasteiger partial charge in [-0.15, -0.1) is 0 Å². The number of nitro benzene ring substituents is 2. The van der Waals surface area contributed by atoms with Crippen LogP contribution in [0.5, 0.6) is 0 Å². The molecule has 1 heterocycles. The van der Waals surface area contributed by atoms with E-state index in [0.29, 0.717) is 17.5 Å². The Kier molecular flexibility index (Phi) is 5.15. The average molecular weight is 360 g/mol. The molecule has 2 N–H and O–H groups in total. The van der Waals surface area contributed by atoms with E-state index in [1.54, 1.807) is 19.9 Å². The molecule has 0 unspecified atom stereocenters. The number of non-ortho nitro benzene ring substituents is 1. The summed E-state index contributed by atoms with van der Waals surface area (Å²) in [5.41, 5.74) is -0.680. The van der Waals surface area contributed by atoms with Gasteiger partial charge in [0.25, 0.3) is 17.3 Å². The standard InChI is InChI=1S/C14H12N6O6/c1-7-5-8(2)16-13(15-7)18-14(22)17-12(21)10-4-3-9(19(23)24)6-11(10)20(25)26/h3-6H,1-2H3,(H2,15,16,17,18,21,22). The molecule has 0 radical (unpaired) electrons. The molecular weight excluding hydrogens is 348 g/mol. The predicted octanol–water partition coefficient (Wildman–Crippen LogP) is 1.87. The van der Waals surface area contributed by atoms with Gasteiger partial charge in [-0.3, -0.25) is 35.7 Å². The van der Waals surface area contributed by atoms with E-state index >= 15 is 0 Å². The Hall–Kier alpha value is -3.96. The molecule has 2 aromatic rings. The zero-order valence-electron chi connectivity index (χ0n) is 13.5. The summed E-state index contributed by atoms with van der Waals surface area (Å²) in [6.45, 7) is 3.37. The molecular formula is C14H12N6O6. The summed E-state index contributed by atoms with van der Waals surface area (Å²) in [6.07, 6.45) is 0. The number of aromatic nitrogens is 2. The second-order valence-electron chi connectivity index (χ2n) is 5.10. The molecule has 0 spiro atoms. The number of carbonyl (C=O) groups excluding carboxylic acids is 2. The zero-order valence-corrected chi connectivity index (χ0v) is 13.5. The summed E-state index contributed by atoms with van der Waals surface area (Å²) in [4.78, 5) is 51.8. The fourth-order valence-corrected chi connectivity index (χ4v) is 2.06. The molecule has 12 nitrogen and oxygen atoms in total. The third kappa shape index (κ3) is 4.31. The Morgan fingerprint density at radius 2 is 1.62 bits per heavy atom. The van der Waals surface area contributed by atoms with E-state index in [-0.39, 0.29) is 5.95 Å². The smallest absolute Gasteiger partial charge is 0.276 e. The van der Waals surface area contributed by atoms with Crippen molar-refractivity contribution in [1.82, 2.24) is 15.3 Å². The molecule has 0 fully saturated rings. The predicted molar refractivity (Wildman–Crippen MR) is 87.7 cm³/mol. The number of hydrogen-bond acceptors (Lipinski definition) is 8. The van der Waals surface area contributed by atoms with Crippen molar-refractivity contribution in [3.05, 3.63) is 61.4 Å². The van der Waals surface area contributed by atoms with Crippen LogP contribution >= 0.6 is 0 Å². The molecule has 1 aromatic carbocycles. The third-order valence-electron chi connectivity index (χ3n) is 3.07. The van der Waals surface area contributed by atoms with Gasteiger partial charge in [-0.05, 0) is 26.0 Å². The Labute approximate surface area is 145 Å². The lowest BCUT2D eigenvalue weighted by molar-refractivity contribution is -0.394. The van der Waals surface area contributed by atoms with Crippen LogP contribution in [-0.2, 0) is 0 Å². The first-order chi connectivity index (χ1) is 12.2. The SMILES string of the molecule is Cc1cc(C)nc(NC(=O)NC(=O)c2ccc([N+](=O)[O-])cc2[N+](=O)[O-])n1. The number of rotatable bonds is 4. The second kappa shape index (κ2) is 7.29. The molecule has 0 atom stereocenters. The van der Waals surface area contributed by atoms with Crippen LogP contribution in [0.2, 0.25) is 0 Å². The number of nitrogens with zero attached hydrogens (tertiary/aromatic N) is 4. The molecule has 0 saturated carbocycles. The van der Waals surface area contributed by atoms with Crippen molar-refractivity contribution in [3.63, 3.8) is 0 Å². The Morgan fingerprint density at radius 1 is 1.00 bits per heavy atom. The van der Waals surface area contributed by atoms with Gasteiger partial charge in [-0.25, -0.2) is 14.8 Å². The Bertz CT molecular complexity index is 908. The summed E-state index contributed by atoms with van der Waals surface area (Å²) >= 11 is 0. The van der Waals surface area contributed by atoms with Crippen molar-refractivity contribution in [2.24, 2.45) is 0 Å². The lowest BCUT2D eigenvalue weighted by atomic mass is 10.1. The normalized spacial score (nSPS) is 10.1. The van der Waals surface area contributed by atoms with Gasteiger partial charge in [0.05, 0.1) is 15.9 Å². The third-order valence-corrected chi connectivity index (χ3v) is 3.07. The van der Waals surface area contributed by atoms with Gasteiger partial charge >= 0.3 is 6.03 Å². The molecule has 26 heavy (non-hydrogen) atoms. The van der Waals surface area contributed by atoms with E-state index in [4.69, 9.17) is 0 Å². The highest BCUT2D eigenvalue weighted by atomic mass is 16.6. The largest absolute Gasteiger partial charge is 0.328 e. The number of urea groups is 1. The first-order valence-corrected chi connectivity index (χ1v) is 7.05. The summed E-state index contributed by atoms with van der Waals surface area (Å²) in [5.74, 6) is -1.15. The molecule has 0 aliphatic rings. The number of nitrogens with one attached hydrogen (secondary N) is 2. The number of aryl methyl sites for hydroxylation is 2. The van der Waals surface area contributed by atoms with Crippen LogP contribution in [0.3, 0.4) is 0 Å². The molecule has 1 aromatic heterocycles. The highest BCUT2D eigenvalue weighted by Crippen LogP contribution is 2.24. The van der Waals surface area contributed by atoms with Crippen LogP contribution in [0.15, 0.2) is 24.3 Å². The molecule has 0 bridgehead atoms. The molecule has 0 saturated heterocycles. The fraction of sp³-hybridized carbons (Fsp3) is 0.143. The van der Waals surface area contributed by atoms with Gasteiger partial charge in [0, 0.05) is 17.5 Å². The van der Waals surface area contributed by atoms with Crippen molar-refractivity contribution < 1.29 is 19.4 Å². The van der Waals surface area contributed by atoms with E-state index in [0.717, 1.165) is 12.1 Å². The average Bonchev–Trinajstić information content (AvgIpc) is 2.52. The van der Waals surface area contributed by atoms with E-state index in [9.17, 15) is 29.8 Å². The number of imide groups is 1. The number of carbonyl (C=O) groups is 2. The quantitative estimate of drug-likeness (QED) is 0.614. The van der Waals surface area contributed by atoms with E-state index in [1.807, 2.05) is 5.32 Å². The maximum absolute atomic E-state index is 12.1. The van der Waals surface area contributed by atoms with E-state index in [2.05, 4.69) is 15.3 Å². The van der Waals surface area contributed by atoms with Gasteiger partial charge in [-0.1, -0.05) is 0 Å². The van der Waals surface area contributed by atoms with Gasteiger partial charge < -0.3 is 0 Å². The lowest BCUT2D eigenvalue weighted by Crippen LogP contribution is -2.35. The van der Waals surface area contributed by atoms with Gasteiger partial charge in [0.2, 0.25) is 5.95 Å². The van der Waals surface area contributed by atoms with Crippen molar-refractivity contribution in [2.75, 3.05) is 5.32 Å². The molecule has 0 aliphatic heterocycles. The summed E-state index contributed by atoms with van der Waals surface area (Å²) in [7, 11) is 0. The highest BCUT2D eigenvalue weighted by Gasteiger charge is 2.25. The van der Waals surface area contributed by atoms with E-state index in [1.165, 1.54) is 0 Å². The van der Waals surface area contributed by atoms with Gasteiger partial charge in [0.15, 0.2) is 0 Å². The van der Waals surface area contributed by atoms with Crippen LogP contribution in [0.1, 0.15) is 21.7 Å². The molecule has 0 aliphatic carbocycles. The molecule has 3 amide bonds. The number of anilines is 1. The maximum Gasteiger partial charge on any atom is 0.328 e. The second-order valence-corrected chi connectivity index (χ2v) is 5.10. The highest BCUT2D eigenvalue weighted by molar-refractivity contribution is 6.09. The van der Waals surface area contributed by atoms with Crippen molar-refractivity contribution in [3.8, 4) is 0 Å². The van der Waals surface area contributed by atoms with Crippen molar-refractivity contribution in [1.29, 1.82) is 0 Å². The Morgan fingerprint density at radius 3 is 2.15 bits per heavy atom. The van der Waals surface area contributed by atoms with Crippen LogP contribution in [0, 0.1) is 34.1 Å². The fourth-order valence-electron chi connectivity index (χ4n) is 2.06. The Balaban J connectivity index is 2.19. The summed E-state index contributed by atoms with van der Waals surface area (Å²) < 4.78 is 0. The van der Waals surface area contributed by atoms with Crippen LogP contribution < -0.4 is 10.6 Å². The minimum absolute atomic E-state index is 0.0500. The minimum Gasteiger partial charge on any atom is -0.276 e. The number of hydrogen-bond donors (Lipinski definition) is 2. The molecule has 134 valence electrons. The molecule has 2 rings (SSSR count). The summed E-state index contributed by atoms with van der Waals surface area (Å²) in [5, 5.41) is 25.8. The van der Waals surface area contributed by atoms with Crippen molar-refractivity contribution in [2.45, 2.75) is 13.8 Å². The van der Waals surface area contributed by atoms with E-state index < -0.39 is 38.7 Å². The molecule has 12 heteroatoms. The maximum atomic E-state index is 12.1. The first kappa shape index (κ1) is 18.4. The number of nitro groups is 2. The van der Waals surface area contributed by atoms with Gasteiger partial charge in [-0.2, -0.15) is 0 Å². The summed E-state index contributed by atoms with van der Waals surface area (Å²) in [6, 6.07) is 3.13. The topological polar surface area (TPSA) is 170 Å². The zero-order chi connectivity index (χ0) is 19.4. The minimum atomic E-state index is -1.10. The van der Waals surface area contributed by atoms with Crippen LogP contribution in [0.4, 0.5) is 22.1 Å². The van der Waals surface area contributed by atoms with Crippen LogP contribution in [0.25, 0.3) is 0 Å². The van der Waals surface area contributed by atoms with Crippen molar-refractivity contribution >= 4 is 29.3 Å². The van der Waals surface area contributed by atoms with Gasteiger partial charge in [0.1, 0.15) is 5.56 Å². The first-order valence-electron chi connectivity index (χ1n) is 7.05. The lowest BCUT2D eigenvalue weighted by Gasteiger charge is -2.07. The number of amides is 3. The van der Waals surface area contributed by atoms with Crippen LogP contribution in [-0.4, -0.2) is 31.8 Å². The monoisotopic (exact) mass is 360 g/mol.